The molecule has 3 rings (SSSR count). The number of carbonyl (C=O) groups excluding carboxylic acids is 1. The molecule has 1 amide bonds. The van der Waals surface area contributed by atoms with Gasteiger partial charge in [-0.3, -0.25) is 15.1 Å². The van der Waals surface area contributed by atoms with Crippen LogP contribution in [0.25, 0.3) is 0 Å². The first-order valence-corrected chi connectivity index (χ1v) is 7.96. The van der Waals surface area contributed by atoms with Gasteiger partial charge in [0.2, 0.25) is 5.91 Å². The molecule has 0 fully saturated rings. The predicted octanol–water partition coefficient (Wildman–Crippen LogP) is 1.81. The van der Waals surface area contributed by atoms with Crippen molar-refractivity contribution in [2.24, 2.45) is 0 Å². The summed E-state index contributed by atoms with van der Waals surface area (Å²) in [5.41, 5.74) is 1.48. The summed E-state index contributed by atoms with van der Waals surface area (Å²) in [6.45, 7) is 0. The van der Waals surface area contributed by atoms with Gasteiger partial charge in [0.25, 0.3) is 0 Å². The number of ether oxygens (including phenoxy) is 2. The Kier molecular flexibility index (Phi) is 5.43. The maximum atomic E-state index is 12.9. The zero-order valence-corrected chi connectivity index (χ0v) is 14.4. The highest BCUT2D eigenvalue weighted by Crippen LogP contribution is 2.26. The van der Waals surface area contributed by atoms with Crippen LogP contribution >= 0.6 is 0 Å². The van der Waals surface area contributed by atoms with E-state index in [0.29, 0.717) is 23.6 Å². The first-order chi connectivity index (χ1) is 12.7. The van der Waals surface area contributed by atoms with Gasteiger partial charge in [0.05, 0.1) is 20.1 Å². The van der Waals surface area contributed by atoms with Crippen molar-refractivity contribution in [1.82, 2.24) is 20.6 Å². The average molecular weight is 352 g/mol. The summed E-state index contributed by atoms with van der Waals surface area (Å²) in [7, 11) is 3.16. The minimum absolute atomic E-state index is 0.260. The molecule has 1 N–H and O–H groups in total. The van der Waals surface area contributed by atoms with Gasteiger partial charge in [0, 0.05) is 17.6 Å². The molecule has 1 atom stereocenters. The van der Waals surface area contributed by atoms with E-state index in [2.05, 4.69) is 25.9 Å². The highest BCUT2D eigenvalue weighted by atomic mass is 16.5. The number of amides is 1. The van der Waals surface area contributed by atoms with Gasteiger partial charge in [-0.25, -0.2) is 0 Å². The Labute approximate surface area is 150 Å². The number of tetrazole rings is 1. The van der Waals surface area contributed by atoms with Gasteiger partial charge >= 0.3 is 0 Å². The topological polar surface area (TPSA) is 100 Å². The highest BCUT2D eigenvalue weighted by molar-refractivity contribution is 5.95. The van der Waals surface area contributed by atoms with Crippen LogP contribution in [0.1, 0.15) is 17.3 Å². The molecular weight excluding hydrogens is 334 g/mol. The zero-order chi connectivity index (χ0) is 18.4. The van der Waals surface area contributed by atoms with Gasteiger partial charge in [-0.05, 0) is 30.2 Å². The Morgan fingerprint density at radius 3 is 2.73 bits per heavy atom. The van der Waals surface area contributed by atoms with Crippen molar-refractivity contribution < 1.29 is 14.3 Å². The number of nitrogens with zero attached hydrogens (tertiary/aromatic N) is 4. The Bertz CT molecular complexity index is 867. The molecule has 1 aromatic heterocycles. The largest absolute Gasteiger partial charge is 0.497 e. The molecule has 0 radical (unpaired) electrons. The maximum Gasteiger partial charge on any atom is 0.232 e. The average Bonchev–Trinajstić information content (AvgIpc) is 3.20. The van der Waals surface area contributed by atoms with E-state index in [-0.39, 0.29) is 11.7 Å². The second-order valence-corrected chi connectivity index (χ2v) is 5.53. The first kappa shape index (κ1) is 17.4. The Balaban J connectivity index is 1.85. The van der Waals surface area contributed by atoms with Crippen molar-refractivity contribution in [3.8, 4) is 11.5 Å². The van der Waals surface area contributed by atoms with Gasteiger partial charge in [-0.1, -0.05) is 24.3 Å². The van der Waals surface area contributed by atoms with Crippen molar-refractivity contribution in [2.45, 2.75) is 12.3 Å². The van der Waals surface area contributed by atoms with Gasteiger partial charge in [-0.15, -0.1) is 0 Å². The standard InChI is InChI=1S/C18H19N5O3/c1-25-14-8-5-7-13(11-14)19-18(24)15(17-20-22-23-21-17)10-12-6-3-4-9-16(12)26-2/h3-9,11,15H,10H2,1-2H3,(H2,19,20,21,22,23,24)/p-1/t15-/m1/s1. The predicted molar refractivity (Wildman–Crippen MR) is 94.2 cm³/mol. The molecule has 134 valence electrons. The Hall–Kier alpha value is -3.42. The first-order valence-electron chi connectivity index (χ1n) is 7.96. The summed E-state index contributed by atoms with van der Waals surface area (Å²) < 4.78 is 10.6. The minimum Gasteiger partial charge on any atom is -0.497 e. The highest BCUT2D eigenvalue weighted by Gasteiger charge is 2.22. The van der Waals surface area contributed by atoms with Crippen molar-refractivity contribution in [3.05, 3.63) is 59.9 Å². The van der Waals surface area contributed by atoms with Gasteiger partial charge in [0.15, 0.2) is 0 Å². The van der Waals surface area contributed by atoms with E-state index in [1.165, 1.54) is 0 Å². The molecule has 0 aliphatic heterocycles. The fourth-order valence-corrected chi connectivity index (χ4v) is 2.61. The number of methoxy groups -OCH3 is 2. The van der Waals surface area contributed by atoms with Crippen LogP contribution in [0.4, 0.5) is 5.69 Å². The molecule has 0 spiro atoms. The number of carbonyl (C=O) groups is 1. The summed E-state index contributed by atoms with van der Waals surface area (Å²) in [4.78, 5) is 12.9. The number of rotatable bonds is 7. The van der Waals surface area contributed by atoms with Crippen LogP contribution in [0.5, 0.6) is 11.5 Å². The lowest BCUT2D eigenvalue weighted by Gasteiger charge is -2.18. The fraction of sp³-hybridized carbons (Fsp3) is 0.222. The zero-order valence-electron chi connectivity index (χ0n) is 14.4. The quantitative estimate of drug-likeness (QED) is 0.692. The van der Waals surface area contributed by atoms with Crippen molar-refractivity contribution in [3.63, 3.8) is 0 Å². The molecule has 8 nitrogen and oxygen atoms in total. The molecule has 1 heterocycles. The molecule has 8 heteroatoms. The van der Waals surface area contributed by atoms with E-state index in [4.69, 9.17) is 9.47 Å². The lowest BCUT2D eigenvalue weighted by atomic mass is 9.97. The molecule has 0 aliphatic carbocycles. The number of benzene rings is 2. The molecule has 0 saturated heterocycles. The molecule has 0 unspecified atom stereocenters. The molecule has 0 bridgehead atoms. The number of para-hydroxylation sites is 1. The van der Waals surface area contributed by atoms with Crippen LogP contribution in [0, 0.1) is 0 Å². The lowest BCUT2D eigenvalue weighted by Crippen LogP contribution is -2.24. The second-order valence-electron chi connectivity index (χ2n) is 5.53. The Morgan fingerprint density at radius 1 is 1.15 bits per heavy atom. The number of nitrogens with one attached hydrogen (secondary N) is 1. The van der Waals surface area contributed by atoms with Crippen LogP contribution in [0.3, 0.4) is 0 Å². The van der Waals surface area contributed by atoms with Crippen LogP contribution in [-0.4, -0.2) is 35.7 Å². The van der Waals surface area contributed by atoms with Crippen LogP contribution in [0.2, 0.25) is 0 Å². The smallest absolute Gasteiger partial charge is 0.232 e. The van der Waals surface area contributed by atoms with E-state index in [9.17, 15) is 4.79 Å². The monoisotopic (exact) mass is 352 g/mol. The van der Waals surface area contributed by atoms with E-state index >= 15 is 0 Å². The van der Waals surface area contributed by atoms with Gasteiger partial charge in [-0.2, -0.15) is 5.21 Å². The number of hydrogen-bond donors (Lipinski definition) is 1. The third kappa shape index (κ3) is 3.97. The third-order valence-electron chi connectivity index (χ3n) is 3.92. The van der Waals surface area contributed by atoms with Crippen molar-refractivity contribution in [1.29, 1.82) is 0 Å². The summed E-state index contributed by atoms with van der Waals surface area (Å²) in [6.07, 6.45) is 0.354. The molecule has 0 aliphatic rings. The summed E-state index contributed by atoms with van der Waals surface area (Å²) in [5.74, 6) is 0.680. The normalized spacial score (nSPS) is 11.6. The van der Waals surface area contributed by atoms with E-state index < -0.39 is 5.92 Å². The minimum atomic E-state index is -0.660. The molecule has 2 aromatic carbocycles. The number of aromatic nitrogens is 4. The van der Waals surface area contributed by atoms with E-state index in [1.807, 2.05) is 24.3 Å². The molecular formula is C18H18N5O3-. The van der Waals surface area contributed by atoms with Crippen LogP contribution < -0.4 is 19.9 Å². The fourth-order valence-electron chi connectivity index (χ4n) is 2.61. The number of hydrogen-bond acceptors (Lipinski definition) is 6. The van der Waals surface area contributed by atoms with Crippen molar-refractivity contribution >= 4 is 11.6 Å². The SMILES string of the molecule is COc1cccc(NC(=O)[C@H](Cc2ccccc2OC)c2nnn[n-]2)c1. The van der Waals surface area contributed by atoms with Crippen LogP contribution in [0.15, 0.2) is 48.5 Å². The molecule has 26 heavy (non-hydrogen) atoms. The Morgan fingerprint density at radius 2 is 2.00 bits per heavy atom. The van der Waals surface area contributed by atoms with Gasteiger partial charge < -0.3 is 19.9 Å². The number of anilines is 1. The van der Waals surface area contributed by atoms with Crippen molar-refractivity contribution in [2.75, 3.05) is 19.5 Å². The molecule has 3 aromatic rings. The van der Waals surface area contributed by atoms with Gasteiger partial charge in [0.1, 0.15) is 11.5 Å². The summed E-state index contributed by atoms with van der Waals surface area (Å²) in [6, 6.07) is 14.6. The van der Waals surface area contributed by atoms with E-state index in [0.717, 1.165) is 5.56 Å². The third-order valence-corrected chi connectivity index (χ3v) is 3.92. The van der Waals surface area contributed by atoms with E-state index in [1.54, 1.807) is 38.5 Å². The van der Waals surface area contributed by atoms with Crippen LogP contribution in [-0.2, 0) is 11.2 Å². The summed E-state index contributed by atoms with van der Waals surface area (Å²) in [5, 5.41) is 17.6. The molecule has 0 saturated carbocycles. The summed E-state index contributed by atoms with van der Waals surface area (Å²) >= 11 is 0. The second kappa shape index (κ2) is 8.11. The lowest BCUT2D eigenvalue weighted by molar-refractivity contribution is -0.117. The maximum absolute atomic E-state index is 12.9.